The largest absolute Gasteiger partial charge is 0.497 e. The normalized spacial score (nSPS) is 18.4. The smallest absolute Gasteiger partial charge is 0.399 e. The molecule has 0 bridgehead atoms. The van der Waals surface area contributed by atoms with Gasteiger partial charge in [-0.15, -0.1) is 0 Å². The zero-order valence-corrected chi connectivity index (χ0v) is 14.6. The Hall–Kier alpha value is -2.05. The highest BCUT2D eigenvalue weighted by molar-refractivity contribution is 6.62. The van der Waals surface area contributed by atoms with Gasteiger partial charge >= 0.3 is 7.12 Å². The summed E-state index contributed by atoms with van der Waals surface area (Å²) in [6, 6.07) is 9.62. The minimum absolute atomic E-state index is 0.0721. The molecule has 0 N–H and O–H groups in total. The minimum atomic E-state index is -0.859. The van der Waals surface area contributed by atoms with E-state index in [-0.39, 0.29) is 16.6 Å². The van der Waals surface area contributed by atoms with Gasteiger partial charge in [0.15, 0.2) is 5.78 Å². The highest BCUT2D eigenvalue weighted by atomic mass is 19.1. The van der Waals surface area contributed by atoms with Crippen LogP contribution < -0.4 is 5.46 Å². The first-order chi connectivity index (χ1) is 11.6. The molecule has 0 spiro atoms. The third-order valence-corrected chi connectivity index (χ3v) is 4.89. The van der Waals surface area contributed by atoms with Gasteiger partial charge in [-0.05, 0) is 45.9 Å². The number of benzene rings is 2. The molecule has 1 aliphatic heterocycles. The van der Waals surface area contributed by atoms with Gasteiger partial charge < -0.3 is 9.31 Å². The van der Waals surface area contributed by atoms with Gasteiger partial charge in [-0.3, -0.25) is 4.79 Å². The van der Waals surface area contributed by atoms with E-state index < -0.39 is 35.7 Å². The molecule has 1 heterocycles. The van der Waals surface area contributed by atoms with Crippen molar-refractivity contribution in [1.29, 1.82) is 0 Å². The van der Waals surface area contributed by atoms with Crippen molar-refractivity contribution in [3.8, 4) is 0 Å². The average Bonchev–Trinajstić information content (AvgIpc) is 2.75. The molecule has 25 heavy (non-hydrogen) atoms. The molecule has 0 aromatic heterocycles. The molecule has 0 amide bonds. The lowest BCUT2D eigenvalue weighted by molar-refractivity contribution is 0.00578. The Bertz CT molecular complexity index is 817. The summed E-state index contributed by atoms with van der Waals surface area (Å²) in [5.74, 6) is -1.83. The third kappa shape index (κ3) is 3.12. The van der Waals surface area contributed by atoms with Crippen LogP contribution in [0.25, 0.3) is 0 Å². The molecule has 2 aromatic rings. The maximum atomic E-state index is 14.6. The van der Waals surface area contributed by atoms with Crippen molar-refractivity contribution < 1.29 is 22.9 Å². The van der Waals surface area contributed by atoms with Crippen LogP contribution >= 0.6 is 0 Å². The number of hydrogen-bond donors (Lipinski definition) is 0. The maximum absolute atomic E-state index is 14.6. The van der Waals surface area contributed by atoms with E-state index in [9.17, 15) is 13.6 Å². The molecule has 0 atom stereocenters. The summed E-state index contributed by atoms with van der Waals surface area (Å²) >= 11 is 0. The monoisotopic (exact) mass is 344 g/mol. The quantitative estimate of drug-likeness (QED) is 0.632. The fourth-order valence-corrected chi connectivity index (χ4v) is 2.63. The van der Waals surface area contributed by atoms with E-state index >= 15 is 0 Å². The molecule has 1 fully saturated rings. The van der Waals surface area contributed by atoms with Gasteiger partial charge in [-0.2, -0.15) is 0 Å². The molecule has 130 valence electrons. The van der Waals surface area contributed by atoms with Crippen LogP contribution in [-0.2, 0) is 9.31 Å². The number of carbonyl (C=O) groups is 1. The Kier molecular flexibility index (Phi) is 4.29. The van der Waals surface area contributed by atoms with Crippen LogP contribution in [0.15, 0.2) is 42.5 Å². The fourth-order valence-electron chi connectivity index (χ4n) is 2.63. The highest BCUT2D eigenvalue weighted by Gasteiger charge is 2.52. The summed E-state index contributed by atoms with van der Waals surface area (Å²) < 4.78 is 40.0. The second kappa shape index (κ2) is 6.04. The van der Waals surface area contributed by atoms with Gasteiger partial charge in [-0.25, -0.2) is 8.78 Å². The van der Waals surface area contributed by atoms with Crippen molar-refractivity contribution in [1.82, 2.24) is 0 Å². The fraction of sp³-hybridized carbons (Fsp3) is 0.316. The molecule has 6 heteroatoms. The van der Waals surface area contributed by atoms with Crippen LogP contribution in [0.2, 0.25) is 0 Å². The van der Waals surface area contributed by atoms with Crippen molar-refractivity contribution in [2.24, 2.45) is 0 Å². The molecule has 1 saturated heterocycles. The van der Waals surface area contributed by atoms with Gasteiger partial charge in [0.1, 0.15) is 11.6 Å². The van der Waals surface area contributed by atoms with Crippen LogP contribution in [0.5, 0.6) is 0 Å². The summed E-state index contributed by atoms with van der Waals surface area (Å²) in [5, 5.41) is 0. The van der Waals surface area contributed by atoms with E-state index in [0.29, 0.717) is 0 Å². The predicted molar refractivity (Wildman–Crippen MR) is 91.9 cm³/mol. The molecule has 0 aliphatic carbocycles. The molecular formula is C19H19BF2O3. The van der Waals surface area contributed by atoms with Crippen LogP contribution in [0, 0.1) is 11.6 Å². The lowest BCUT2D eigenvalue weighted by Crippen LogP contribution is -2.41. The Balaban J connectivity index is 1.90. The molecule has 0 saturated carbocycles. The standard InChI is InChI=1S/C19H19BF2O3/c1-18(2)19(3,4)25-20(24-18)14-10-9-12(11-16(14)22)17(23)13-7-5-6-8-15(13)21/h5-11H,1-4H3. The van der Waals surface area contributed by atoms with Gasteiger partial charge in [0.25, 0.3) is 0 Å². The van der Waals surface area contributed by atoms with Gasteiger partial charge in [-0.1, -0.05) is 24.3 Å². The molecular weight excluding hydrogens is 325 g/mol. The zero-order valence-electron chi connectivity index (χ0n) is 14.6. The first-order valence-electron chi connectivity index (χ1n) is 8.07. The van der Waals surface area contributed by atoms with Crippen molar-refractivity contribution in [2.45, 2.75) is 38.9 Å². The van der Waals surface area contributed by atoms with Crippen molar-refractivity contribution in [2.75, 3.05) is 0 Å². The maximum Gasteiger partial charge on any atom is 0.497 e. The Morgan fingerprint density at radius 2 is 1.52 bits per heavy atom. The highest BCUT2D eigenvalue weighted by Crippen LogP contribution is 2.36. The molecule has 0 unspecified atom stereocenters. The van der Waals surface area contributed by atoms with Gasteiger partial charge in [0.05, 0.1) is 16.8 Å². The number of carbonyl (C=O) groups excluding carboxylic acids is 1. The summed E-state index contributed by atoms with van der Waals surface area (Å²) in [6.45, 7) is 7.50. The number of hydrogen-bond acceptors (Lipinski definition) is 3. The second-order valence-corrected chi connectivity index (χ2v) is 7.13. The van der Waals surface area contributed by atoms with Crippen molar-refractivity contribution >= 4 is 18.4 Å². The van der Waals surface area contributed by atoms with Crippen LogP contribution in [0.1, 0.15) is 43.6 Å². The summed E-state index contributed by atoms with van der Waals surface area (Å²) in [5.41, 5.74) is -0.991. The lowest BCUT2D eigenvalue weighted by atomic mass is 9.78. The summed E-state index contributed by atoms with van der Waals surface area (Å²) in [7, 11) is -0.859. The summed E-state index contributed by atoms with van der Waals surface area (Å²) in [6.07, 6.45) is 0. The molecule has 0 radical (unpaired) electrons. The second-order valence-electron chi connectivity index (χ2n) is 7.13. The molecule has 2 aromatic carbocycles. The van der Waals surface area contributed by atoms with E-state index in [0.717, 1.165) is 6.07 Å². The third-order valence-electron chi connectivity index (χ3n) is 4.89. The summed E-state index contributed by atoms with van der Waals surface area (Å²) in [4.78, 5) is 12.4. The number of ketones is 1. The van der Waals surface area contributed by atoms with Crippen LogP contribution in [0.3, 0.4) is 0 Å². The molecule has 3 rings (SSSR count). The number of rotatable bonds is 3. The minimum Gasteiger partial charge on any atom is -0.399 e. The average molecular weight is 344 g/mol. The van der Waals surface area contributed by atoms with Gasteiger partial charge in [0.2, 0.25) is 0 Å². The van der Waals surface area contributed by atoms with Crippen molar-refractivity contribution in [3.05, 3.63) is 65.2 Å². The molecule has 1 aliphatic rings. The number of halogens is 2. The predicted octanol–water partition coefficient (Wildman–Crippen LogP) is 3.50. The van der Waals surface area contributed by atoms with Crippen LogP contribution in [0.4, 0.5) is 8.78 Å². The lowest BCUT2D eigenvalue weighted by Gasteiger charge is -2.32. The SMILES string of the molecule is CC1(C)OB(c2ccc(C(=O)c3ccccc3F)cc2F)OC1(C)C. The van der Waals surface area contributed by atoms with Crippen molar-refractivity contribution in [3.63, 3.8) is 0 Å². The topological polar surface area (TPSA) is 35.5 Å². The van der Waals surface area contributed by atoms with E-state index in [1.54, 1.807) is 6.07 Å². The van der Waals surface area contributed by atoms with Gasteiger partial charge in [0, 0.05) is 11.0 Å². The van der Waals surface area contributed by atoms with E-state index in [1.807, 2.05) is 27.7 Å². The molecule has 3 nitrogen and oxygen atoms in total. The van der Waals surface area contributed by atoms with E-state index in [2.05, 4.69) is 0 Å². The Labute approximate surface area is 146 Å². The van der Waals surface area contributed by atoms with E-state index in [1.165, 1.54) is 30.3 Å². The van der Waals surface area contributed by atoms with E-state index in [4.69, 9.17) is 9.31 Å². The Morgan fingerprint density at radius 1 is 0.920 bits per heavy atom. The first-order valence-corrected chi connectivity index (χ1v) is 8.07. The zero-order chi connectivity index (χ0) is 18.4. The Morgan fingerprint density at radius 3 is 2.08 bits per heavy atom. The first kappa shape index (κ1) is 17.8. The van der Waals surface area contributed by atoms with Crippen LogP contribution in [-0.4, -0.2) is 24.1 Å².